The first kappa shape index (κ1) is 31.0. The minimum atomic E-state index is -3.90. The minimum Gasteiger partial charge on any atom is -0.465 e. The molecule has 10 heteroatoms. The summed E-state index contributed by atoms with van der Waals surface area (Å²) in [6.07, 6.45) is 1.46. The van der Waals surface area contributed by atoms with Crippen LogP contribution in [0.3, 0.4) is 0 Å². The molecule has 0 aliphatic carbocycles. The van der Waals surface area contributed by atoms with E-state index in [1.165, 1.54) is 22.4 Å². The largest absolute Gasteiger partial charge is 0.465 e. The maximum absolute atomic E-state index is 13.8. The van der Waals surface area contributed by atoms with Crippen molar-refractivity contribution in [3.63, 3.8) is 0 Å². The van der Waals surface area contributed by atoms with E-state index < -0.39 is 21.9 Å². The molecule has 3 aromatic carbocycles. The summed E-state index contributed by atoms with van der Waals surface area (Å²) in [7, 11) is -2.66. The Morgan fingerprint density at radius 3 is 2.23 bits per heavy atom. The second-order valence-electron chi connectivity index (χ2n) is 10.5. The molecule has 0 fully saturated rings. The number of nitrogens with zero attached hydrogens (tertiary/aromatic N) is 2. The zero-order valence-electron chi connectivity index (χ0n) is 24.7. The van der Waals surface area contributed by atoms with E-state index in [1.54, 1.807) is 67.6 Å². The van der Waals surface area contributed by atoms with Crippen LogP contribution in [0.4, 0.5) is 5.69 Å². The van der Waals surface area contributed by atoms with Crippen molar-refractivity contribution in [1.29, 1.82) is 0 Å². The molecule has 4 aromatic rings. The average molecular weight is 631 g/mol. The highest BCUT2D eigenvalue weighted by atomic mass is 35.5. The van der Waals surface area contributed by atoms with E-state index in [0.717, 1.165) is 16.7 Å². The van der Waals surface area contributed by atoms with Gasteiger partial charge in [-0.15, -0.1) is 0 Å². The number of methoxy groups -OCH3 is 1. The van der Waals surface area contributed by atoms with Gasteiger partial charge in [-0.05, 0) is 74.9 Å². The van der Waals surface area contributed by atoms with E-state index in [9.17, 15) is 18.0 Å². The van der Waals surface area contributed by atoms with Gasteiger partial charge in [0.2, 0.25) is 10.0 Å². The van der Waals surface area contributed by atoms with E-state index >= 15 is 0 Å². The third kappa shape index (κ3) is 6.40. The lowest BCUT2D eigenvalue weighted by molar-refractivity contribution is -0.136. The molecular formula is C34H31ClN2O6S. The van der Waals surface area contributed by atoms with E-state index in [-0.39, 0.29) is 34.9 Å². The molecule has 0 bridgehead atoms. The van der Waals surface area contributed by atoms with Gasteiger partial charge in [0.1, 0.15) is 11.5 Å². The molecule has 5 rings (SSSR count). The molecule has 0 unspecified atom stereocenters. The third-order valence-corrected chi connectivity index (χ3v) is 9.34. The molecule has 226 valence electrons. The predicted octanol–water partition coefficient (Wildman–Crippen LogP) is 6.82. The molecule has 0 saturated carbocycles. The number of allylic oxidation sites excluding steroid dienone is 1. The van der Waals surface area contributed by atoms with Crippen molar-refractivity contribution >= 4 is 45.3 Å². The molecule has 0 radical (unpaired) electrons. The van der Waals surface area contributed by atoms with Crippen LogP contribution >= 0.6 is 11.6 Å². The molecule has 8 nitrogen and oxygen atoms in total. The Bertz CT molecular complexity index is 1890. The zero-order chi connectivity index (χ0) is 31.6. The highest BCUT2D eigenvalue weighted by molar-refractivity contribution is 7.89. The number of aryl methyl sites for hydroxylation is 2. The molecule has 1 aliphatic rings. The molecule has 1 aromatic heterocycles. The van der Waals surface area contributed by atoms with Gasteiger partial charge in [0.05, 0.1) is 35.4 Å². The standard InChI is InChI=1S/C34H31ClN2O6S/c1-22-8-12-25(13-9-22)20-36(44(40,41)30-16-10-23(2)11-17-30)21-29-15-14-28(43-29)19-31-32(34(39)42-4)24(3)37(33(31)38)27-7-5-6-26(35)18-27/h5-19H,20-21H2,1-4H3/b31-19+. The van der Waals surface area contributed by atoms with Gasteiger partial charge in [-0.25, -0.2) is 13.2 Å². The van der Waals surface area contributed by atoms with Gasteiger partial charge in [0, 0.05) is 17.3 Å². The fourth-order valence-electron chi connectivity index (χ4n) is 4.96. The summed E-state index contributed by atoms with van der Waals surface area (Å²) < 4.78 is 40.0. The van der Waals surface area contributed by atoms with Crippen LogP contribution in [-0.2, 0) is 37.4 Å². The van der Waals surface area contributed by atoms with Gasteiger partial charge < -0.3 is 9.15 Å². The number of esters is 1. The monoisotopic (exact) mass is 630 g/mol. The SMILES string of the molecule is COC(=O)C1=C(C)N(c2cccc(Cl)c2)C(=O)/C1=C/c1ccc(CN(Cc2ccc(C)cc2)S(=O)(=O)c2ccc(C)cc2)o1. The van der Waals surface area contributed by atoms with Crippen LogP contribution in [0.25, 0.3) is 6.08 Å². The van der Waals surface area contributed by atoms with Crippen LogP contribution in [-0.4, -0.2) is 31.7 Å². The van der Waals surface area contributed by atoms with Gasteiger partial charge in [-0.2, -0.15) is 4.31 Å². The first-order valence-corrected chi connectivity index (χ1v) is 15.6. The fraction of sp³-hybridized carbons (Fsp3) is 0.176. The maximum atomic E-state index is 13.8. The number of furan rings is 1. The van der Waals surface area contributed by atoms with Crippen molar-refractivity contribution in [2.75, 3.05) is 12.0 Å². The third-order valence-electron chi connectivity index (χ3n) is 7.30. The summed E-state index contributed by atoms with van der Waals surface area (Å²) in [5.74, 6) is -0.497. The summed E-state index contributed by atoms with van der Waals surface area (Å²) in [5, 5.41) is 0.437. The number of hydrogen-bond donors (Lipinski definition) is 0. The highest BCUT2D eigenvalue weighted by Gasteiger charge is 2.38. The lowest BCUT2D eigenvalue weighted by Gasteiger charge is -2.21. The number of hydrogen-bond acceptors (Lipinski definition) is 6. The molecule has 1 amide bonds. The summed E-state index contributed by atoms with van der Waals surface area (Å²) >= 11 is 6.17. The van der Waals surface area contributed by atoms with Crippen molar-refractivity contribution in [2.45, 2.75) is 38.8 Å². The van der Waals surface area contributed by atoms with E-state index in [4.69, 9.17) is 20.8 Å². The Morgan fingerprint density at radius 2 is 1.59 bits per heavy atom. The number of anilines is 1. The second-order valence-corrected chi connectivity index (χ2v) is 12.9. The predicted molar refractivity (Wildman–Crippen MR) is 169 cm³/mol. The van der Waals surface area contributed by atoms with Crippen LogP contribution in [0.5, 0.6) is 0 Å². The van der Waals surface area contributed by atoms with Crippen molar-refractivity contribution < 1.29 is 27.2 Å². The van der Waals surface area contributed by atoms with Gasteiger partial charge in [0.15, 0.2) is 0 Å². The van der Waals surface area contributed by atoms with Crippen LogP contribution < -0.4 is 4.90 Å². The number of sulfonamides is 1. The van der Waals surface area contributed by atoms with Gasteiger partial charge in [-0.3, -0.25) is 9.69 Å². The zero-order valence-corrected chi connectivity index (χ0v) is 26.3. The van der Waals surface area contributed by atoms with E-state index in [1.807, 2.05) is 38.1 Å². The normalized spacial score (nSPS) is 14.6. The summed E-state index contributed by atoms with van der Waals surface area (Å²) in [5.41, 5.74) is 3.90. The second kappa shape index (κ2) is 12.7. The summed E-state index contributed by atoms with van der Waals surface area (Å²) in [4.78, 5) is 28.0. The lowest BCUT2D eigenvalue weighted by atomic mass is 10.1. The number of carbonyl (C=O) groups excluding carboxylic acids is 2. The molecule has 0 N–H and O–H groups in total. The molecule has 0 spiro atoms. The Morgan fingerprint density at radius 1 is 0.932 bits per heavy atom. The van der Waals surface area contributed by atoms with Crippen molar-refractivity contribution in [3.05, 3.63) is 135 Å². The van der Waals surface area contributed by atoms with Crippen molar-refractivity contribution in [1.82, 2.24) is 4.31 Å². The quantitative estimate of drug-likeness (QED) is 0.149. The van der Waals surface area contributed by atoms with Gasteiger partial charge in [0.25, 0.3) is 5.91 Å². The summed E-state index contributed by atoms with van der Waals surface area (Å²) in [6.45, 7) is 5.57. The van der Waals surface area contributed by atoms with Gasteiger partial charge in [-0.1, -0.05) is 65.2 Å². The van der Waals surface area contributed by atoms with Crippen LogP contribution in [0.1, 0.15) is 35.1 Å². The lowest BCUT2D eigenvalue weighted by Crippen LogP contribution is -2.30. The van der Waals surface area contributed by atoms with Crippen molar-refractivity contribution in [3.8, 4) is 0 Å². The molecule has 1 aliphatic heterocycles. The van der Waals surface area contributed by atoms with Crippen LogP contribution in [0.15, 0.2) is 111 Å². The topological polar surface area (TPSA) is 97.1 Å². The Balaban J connectivity index is 1.48. The molecular weight excluding hydrogens is 600 g/mol. The first-order valence-electron chi connectivity index (χ1n) is 13.8. The molecule has 0 saturated heterocycles. The number of halogens is 1. The number of rotatable bonds is 9. The number of carbonyl (C=O) groups is 2. The molecule has 2 heterocycles. The highest BCUT2D eigenvalue weighted by Crippen LogP contribution is 2.36. The minimum absolute atomic E-state index is 0.0609. The van der Waals surface area contributed by atoms with Crippen LogP contribution in [0.2, 0.25) is 5.02 Å². The number of amides is 1. The smallest absolute Gasteiger partial charge is 0.340 e. The number of ether oxygens (including phenoxy) is 1. The molecule has 0 atom stereocenters. The maximum Gasteiger partial charge on any atom is 0.340 e. The fourth-order valence-corrected chi connectivity index (χ4v) is 6.54. The first-order chi connectivity index (χ1) is 21.0. The molecule has 44 heavy (non-hydrogen) atoms. The Labute approximate surface area is 261 Å². The summed E-state index contributed by atoms with van der Waals surface area (Å²) in [6, 6.07) is 24.4. The van der Waals surface area contributed by atoms with Crippen molar-refractivity contribution in [2.24, 2.45) is 0 Å². The van der Waals surface area contributed by atoms with Crippen LogP contribution in [0, 0.1) is 13.8 Å². The average Bonchev–Trinajstić information content (AvgIpc) is 3.54. The Kier molecular flexibility index (Phi) is 8.92. The Hall–Kier alpha value is -4.44. The van der Waals surface area contributed by atoms with E-state index in [0.29, 0.717) is 22.2 Å². The number of benzene rings is 3. The van der Waals surface area contributed by atoms with E-state index in [2.05, 4.69) is 0 Å². The van der Waals surface area contributed by atoms with Gasteiger partial charge >= 0.3 is 5.97 Å².